The quantitative estimate of drug-likeness (QED) is 0.869. The molecule has 1 aromatic rings. The zero-order valence-electron chi connectivity index (χ0n) is 9.87. The summed E-state index contributed by atoms with van der Waals surface area (Å²) in [4.78, 5) is 14.2. The summed E-state index contributed by atoms with van der Waals surface area (Å²) in [5.74, 6) is -0.0368. The van der Waals surface area contributed by atoms with E-state index in [4.69, 9.17) is 18.0 Å². The van der Waals surface area contributed by atoms with Gasteiger partial charge in [0.2, 0.25) is 0 Å². The molecule has 0 saturated heterocycles. The number of carbonyl (C=O) groups excluding carboxylic acids is 1. The number of likely N-dealkylation sites (N-methyl/N-ethyl adjacent to an activating group) is 1. The molecule has 3 nitrogen and oxygen atoms in total. The van der Waals surface area contributed by atoms with E-state index >= 15 is 0 Å². The van der Waals surface area contributed by atoms with E-state index in [1.807, 2.05) is 32.0 Å². The number of rotatable bonds is 4. The van der Waals surface area contributed by atoms with Gasteiger partial charge in [0.15, 0.2) is 0 Å². The summed E-state index contributed by atoms with van der Waals surface area (Å²) in [5.41, 5.74) is 7.10. The van der Waals surface area contributed by atoms with Crippen LogP contribution in [0, 0.1) is 6.92 Å². The molecule has 0 radical (unpaired) electrons. The van der Waals surface area contributed by atoms with Gasteiger partial charge >= 0.3 is 0 Å². The first-order valence-electron chi connectivity index (χ1n) is 5.29. The van der Waals surface area contributed by atoms with Crippen LogP contribution in [0.4, 0.5) is 0 Å². The molecule has 0 aliphatic rings. The maximum Gasteiger partial charge on any atom is 0.254 e. The first-order chi connectivity index (χ1) is 7.95. The van der Waals surface area contributed by atoms with Gasteiger partial charge in [0.1, 0.15) is 0 Å². The highest BCUT2D eigenvalue weighted by atomic mass is 79.9. The zero-order valence-corrected chi connectivity index (χ0v) is 12.3. The van der Waals surface area contributed by atoms with E-state index in [1.165, 1.54) is 0 Å². The van der Waals surface area contributed by atoms with Gasteiger partial charge in [0.05, 0.1) is 11.5 Å². The fourth-order valence-corrected chi connectivity index (χ4v) is 2.18. The van der Waals surface area contributed by atoms with Crippen molar-refractivity contribution in [2.75, 3.05) is 13.1 Å². The number of amides is 1. The Morgan fingerprint density at radius 3 is 2.65 bits per heavy atom. The topological polar surface area (TPSA) is 46.3 Å². The third-order valence-electron chi connectivity index (χ3n) is 2.43. The van der Waals surface area contributed by atoms with E-state index < -0.39 is 0 Å². The molecule has 2 N–H and O–H groups in total. The number of hydrogen-bond acceptors (Lipinski definition) is 2. The summed E-state index contributed by atoms with van der Waals surface area (Å²) in [6.45, 7) is 4.73. The standard InChI is InChI=1S/C12H15BrN2OS/c1-3-15(7-11(14)17)12(16)10-5-4-9(13)6-8(10)2/h4-6H,3,7H2,1-2H3,(H2,14,17). The monoisotopic (exact) mass is 314 g/mol. The molecule has 0 saturated carbocycles. The molecule has 0 aliphatic heterocycles. The Morgan fingerprint density at radius 2 is 2.18 bits per heavy atom. The van der Waals surface area contributed by atoms with Crippen LogP contribution in [0.1, 0.15) is 22.8 Å². The van der Waals surface area contributed by atoms with Crippen molar-refractivity contribution in [1.29, 1.82) is 0 Å². The summed E-state index contributed by atoms with van der Waals surface area (Å²) in [5, 5.41) is 0. The van der Waals surface area contributed by atoms with Crippen LogP contribution in [0.2, 0.25) is 0 Å². The minimum absolute atomic E-state index is 0.0368. The van der Waals surface area contributed by atoms with Crippen molar-refractivity contribution < 1.29 is 4.79 Å². The Morgan fingerprint density at radius 1 is 1.53 bits per heavy atom. The second-order valence-electron chi connectivity index (χ2n) is 3.74. The molecule has 0 aromatic heterocycles. The Kier molecular flexibility index (Phi) is 5.08. The highest BCUT2D eigenvalue weighted by molar-refractivity contribution is 9.10. The number of halogens is 1. The van der Waals surface area contributed by atoms with Crippen LogP contribution in [-0.4, -0.2) is 28.9 Å². The lowest BCUT2D eigenvalue weighted by molar-refractivity contribution is 0.0787. The molecule has 0 spiro atoms. The van der Waals surface area contributed by atoms with Gasteiger partial charge in [-0.1, -0.05) is 28.1 Å². The third kappa shape index (κ3) is 3.78. The van der Waals surface area contributed by atoms with E-state index in [9.17, 15) is 4.79 Å². The van der Waals surface area contributed by atoms with Crippen molar-refractivity contribution in [1.82, 2.24) is 4.90 Å². The number of nitrogens with two attached hydrogens (primary N) is 1. The molecule has 0 unspecified atom stereocenters. The summed E-state index contributed by atoms with van der Waals surface area (Å²) in [7, 11) is 0. The minimum atomic E-state index is -0.0368. The third-order valence-corrected chi connectivity index (χ3v) is 3.06. The van der Waals surface area contributed by atoms with Gasteiger partial charge in [-0.15, -0.1) is 0 Å². The van der Waals surface area contributed by atoms with Crippen LogP contribution < -0.4 is 5.73 Å². The number of nitrogens with zero attached hydrogens (tertiary/aromatic N) is 1. The zero-order chi connectivity index (χ0) is 13.0. The molecule has 0 atom stereocenters. The lowest BCUT2D eigenvalue weighted by Gasteiger charge is -2.21. The van der Waals surface area contributed by atoms with Crippen LogP contribution in [0.5, 0.6) is 0 Å². The van der Waals surface area contributed by atoms with Crippen LogP contribution in [0.3, 0.4) is 0 Å². The van der Waals surface area contributed by atoms with Crippen LogP contribution in [0.25, 0.3) is 0 Å². The fraction of sp³-hybridized carbons (Fsp3) is 0.333. The summed E-state index contributed by atoms with van der Waals surface area (Å²) >= 11 is 8.21. The Labute approximate surface area is 115 Å². The Bertz CT molecular complexity index is 448. The van der Waals surface area contributed by atoms with Gasteiger partial charge in [0.25, 0.3) is 5.91 Å². The van der Waals surface area contributed by atoms with Gasteiger partial charge in [-0.25, -0.2) is 0 Å². The molecule has 1 rings (SSSR count). The van der Waals surface area contributed by atoms with E-state index in [1.54, 1.807) is 4.90 Å². The van der Waals surface area contributed by atoms with Gasteiger partial charge < -0.3 is 10.6 Å². The van der Waals surface area contributed by atoms with Gasteiger partial charge in [-0.3, -0.25) is 4.79 Å². The Balaban J connectivity index is 2.97. The largest absolute Gasteiger partial charge is 0.392 e. The number of aryl methyl sites for hydroxylation is 1. The second-order valence-corrected chi connectivity index (χ2v) is 5.18. The van der Waals surface area contributed by atoms with Crippen molar-refractivity contribution >= 4 is 39.0 Å². The predicted molar refractivity (Wildman–Crippen MR) is 77.2 cm³/mol. The number of thiocarbonyl (C=S) groups is 1. The minimum Gasteiger partial charge on any atom is -0.392 e. The highest BCUT2D eigenvalue weighted by Gasteiger charge is 2.16. The molecule has 92 valence electrons. The molecule has 5 heteroatoms. The second kappa shape index (κ2) is 6.12. The van der Waals surface area contributed by atoms with Crippen molar-refractivity contribution in [3.8, 4) is 0 Å². The molecular weight excluding hydrogens is 300 g/mol. The highest BCUT2D eigenvalue weighted by Crippen LogP contribution is 2.17. The first kappa shape index (κ1) is 14.1. The van der Waals surface area contributed by atoms with Gasteiger partial charge in [-0.2, -0.15) is 0 Å². The van der Waals surface area contributed by atoms with Crippen molar-refractivity contribution in [3.63, 3.8) is 0 Å². The van der Waals surface area contributed by atoms with E-state index in [0.717, 1.165) is 10.0 Å². The molecule has 1 aromatic carbocycles. The molecular formula is C12H15BrN2OS. The summed E-state index contributed by atoms with van der Waals surface area (Å²) in [6, 6.07) is 5.58. The average molecular weight is 315 g/mol. The van der Waals surface area contributed by atoms with Crippen LogP contribution >= 0.6 is 28.1 Å². The van der Waals surface area contributed by atoms with Crippen molar-refractivity contribution in [2.24, 2.45) is 5.73 Å². The summed E-state index contributed by atoms with van der Waals surface area (Å²) in [6.07, 6.45) is 0. The molecule has 17 heavy (non-hydrogen) atoms. The van der Waals surface area contributed by atoms with Gasteiger partial charge in [0, 0.05) is 16.6 Å². The van der Waals surface area contributed by atoms with Crippen molar-refractivity contribution in [3.05, 3.63) is 33.8 Å². The molecule has 0 bridgehead atoms. The maximum absolute atomic E-state index is 12.2. The predicted octanol–water partition coefficient (Wildman–Crippen LogP) is 2.51. The normalized spacial score (nSPS) is 10.1. The van der Waals surface area contributed by atoms with E-state index in [0.29, 0.717) is 23.6 Å². The van der Waals surface area contributed by atoms with E-state index in [2.05, 4.69) is 15.9 Å². The smallest absolute Gasteiger partial charge is 0.254 e. The first-order valence-corrected chi connectivity index (χ1v) is 6.49. The number of carbonyl (C=O) groups is 1. The fourth-order valence-electron chi connectivity index (χ4n) is 1.55. The molecule has 0 aliphatic carbocycles. The average Bonchev–Trinajstić information content (AvgIpc) is 2.24. The maximum atomic E-state index is 12.2. The molecule has 1 amide bonds. The number of benzene rings is 1. The van der Waals surface area contributed by atoms with Crippen LogP contribution in [0.15, 0.2) is 22.7 Å². The number of hydrogen-bond donors (Lipinski definition) is 1. The lowest BCUT2D eigenvalue weighted by atomic mass is 10.1. The van der Waals surface area contributed by atoms with Crippen molar-refractivity contribution in [2.45, 2.75) is 13.8 Å². The SMILES string of the molecule is CCN(CC(N)=S)C(=O)c1ccc(Br)cc1C. The molecule has 0 heterocycles. The summed E-state index contributed by atoms with van der Waals surface area (Å²) < 4.78 is 0.962. The Hall–Kier alpha value is -0.940. The van der Waals surface area contributed by atoms with Gasteiger partial charge in [-0.05, 0) is 37.6 Å². The lowest BCUT2D eigenvalue weighted by Crippen LogP contribution is -2.37. The van der Waals surface area contributed by atoms with E-state index in [-0.39, 0.29) is 5.91 Å². The molecule has 0 fully saturated rings. The van der Waals surface area contributed by atoms with Crippen LogP contribution in [-0.2, 0) is 0 Å².